The Kier molecular flexibility index (Phi) is 4.32. The van der Waals surface area contributed by atoms with Crippen molar-refractivity contribution in [2.75, 3.05) is 0 Å². The van der Waals surface area contributed by atoms with Gasteiger partial charge < -0.3 is 4.57 Å². The Morgan fingerprint density at radius 1 is 1.22 bits per heavy atom. The molecule has 0 spiro atoms. The lowest BCUT2D eigenvalue weighted by molar-refractivity contribution is 0.820. The van der Waals surface area contributed by atoms with Crippen LogP contribution in [0, 0.1) is 25.5 Å². The summed E-state index contributed by atoms with van der Waals surface area (Å²) >= 11 is 8.63. The summed E-state index contributed by atoms with van der Waals surface area (Å²) in [6.07, 6.45) is 1.82. The molecule has 1 N–H and O–H groups in total. The van der Waals surface area contributed by atoms with E-state index in [1.54, 1.807) is 4.68 Å². The van der Waals surface area contributed by atoms with Crippen molar-refractivity contribution in [3.63, 3.8) is 0 Å². The molecule has 2 aromatic heterocycles. The van der Waals surface area contributed by atoms with Crippen LogP contribution in [0.3, 0.4) is 0 Å². The number of aromatic nitrogens is 4. The van der Waals surface area contributed by atoms with Gasteiger partial charge in [0.15, 0.2) is 0 Å². The Morgan fingerprint density at radius 2 is 1.91 bits per heavy atom. The topological polar surface area (TPSA) is 50.9 Å². The van der Waals surface area contributed by atoms with E-state index in [1.165, 1.54) is 0 Å². The molecule has 0 radical (unpaired) electrons. The van der Waals surface area contributed by atoms with Crippen LogP contribution in [0.5, 0.6) is 0 Å². The maximum atomic E-state index is 5.16. The third kappa shape index (κ3) is 3.07. The van der Waals surface area contributed by atoms with Gasteiger partial charge in [0.1, 0.15) is 5.82 Å². The van der Waals surface area contributed by atoms with Crippen molar-refractivity contribution in [1.82, 2.24) is 19.4 Å². The van der Waals surface area contributed by atoms with Gasteiger partial charge in [-0.15, -0.1) is 0 Å². The molecule has 0 unspecified atom stereocenters. The minimum absolute atomic E-state index is 0.487. The average Bonchev–Trinajstić information content (AvgIpc) is 2.98. The summed E-state index contributed by atoms with van der Waals surface area (Å²) in [5.74, 6) is 0.730. The van der Waals surface area contributed by atoms with Crippen LogP contribution < -0.4 is 0 Å². The van der Waals surface area contributed by atoms with Gasteiger partial charge in [0.05, 0.1) is 6.21 Å². The van der Waals surface area contributed by atoms with E-state index < -0.39 is 0 Å². The van der Waals surface area contributed by atoms with Gasteiger partial charge in [-0.2, -0.15) is 14.9 Å². The first kappa shape index (κ1) is 15.9. The summed E-state index contributed by atoms with van der Waals surface area (Å²) < 4.78 is 5.37. The lowest BCUT2D eigenvalue weighted by atomic mass is 10.2. The van der Waals surface area contributed by atoms with E-state index in [1.807, 2.05) is 25.3 Å². The molecule has 0 atom stereocenters. The smallest absolute Gasteiger partial charge is 0.216 e. The number of nitrogens with one attached hydrogen (secondary N) is 1. The van der Waals surface area contributed by atoms with Gasteiger partial charge in [0.2, 0.25) is 4.77 Å². The predicted molar refractivity (Wildman–Crippen MR) is 98.1 cm³/mol. The van der Waals surface area contributed by atoms with Gasteiger partial charge in [0.25, 0.3) is 0 Å². The predicted octanol–water partition coefficient (Wildman–Crippen LogP) is 4.30. The largest absolute Gasteiger partial charge is 0.318 e. The first-order valence-electron chi connectivity index (χ1n) is 7.10. The van der Waals surface area contributed by atoms with Crippen molar-refractivity contribution in [2.24, 2.45) is 5.10 Å². The Morgan fingerprint density at radius 3 is 2.52 bits per heavy atom. The molecule has 118 valence electrons. The fourth-order valence-corrected chi connectivity index (χ4v) is 3.02. The van der Waals surface area contributed by atoms with Crippen molar-refractivity contribution in [3.8, 4) is 5.69 Å². The maximum Gasteiger partial charge on any atom is 0.216 e. The lowest BCUT2D eigenvalue weighted by Crippen LogP contribution is -2.00. The first-order valence-corrected chi connectivity index (χ1v) is 8.31. The van der Waals surface area contributed by atoms with Crippen molar-refractivity contribution >= 4 is 34.4 Å². The highest BCUT2D eigenvalue weighted by atomic mass is 79.9. The van der Waals surface area contributed by atoms with E-state index in [0.29, 0.717) is 4.77 Å². The molecule has 1 aromatic carbocycles. The number of aromatic amines is 1. The zero-order chi connectivity index (χ0) is 16.6. The van der Waals surface area contributed by atoms with E-state index in [0.717, 1.165) is 32.9 Å². The third-order valence-corrected chi connectivity index (χ3v) is 4.47. The second-order valence-electron chi connectivity index (χ2n) is 5.27. The molecule has 0 aliphatic rings. The summed E-state index contributed by atoms with van der Waals surface area (Å²) in [5.41, 5.74) is 4.45. The number of H-pyrrole nitrogens is 1. The van der Waals surface area contributed by atoms with Gasteiger partial charge in [0, 0.05) is 27.1 Å². The highest BCUT2D eigenvalue weighted by Gasteiger charge is 2.09. The fourth-order valence-electron chi connectivity index (χ4n) is 2.53. The summed E-state index contributed by atoms with van der Waals surface area (Å²) in [5, 5.41) is 11.2. The molecule has 23 heavy (non-hydrogen) atoms. The Labute approximate surface area is 147 Å². The number of hydrogen-bond acceptors (Lipinski definition) is 3. The molecular weight excluding hydrogens is 374 g/mol. The molecule has 0 aliphatic carbocycles. The minimum atomic E-state index is 0.487. The number of halogens is 1. The Hall–Kier alpha value is -1.99. The molecule has 3 rings (SSSR count). The second kappa shape index (κ2) is 6.25. The van der Waals surface area contributed by atoms with Gasteiger partial charge >= 0.3 is 0 Å². The molecule has 0 saturated heterocycles. The third-order valence-electron chi connectivity index (χ3n) is 3.68. The van der Waals surface area contributed by atoms with Crippen molar-refractivity contribution in [2.45, 2.75) is 20.8 Å². The van der Waals surface area contributed by atoms with E-state index in [4.69, 9.17) is 12.2 Å². The molecule has 0 fully saturated rings. The number of hydrogen-bond donors (Lipinski definition) is 1. The summed E-state index contributed by atoms with van der Waals surface area (Å²) in [7, 11) is 0. The van der Waals surface area contributed by atoms with Crippen LogP contribution >= 0.6 is 28.1 Å². The molecular formula is C16H16BrN5S. The first-order chi connectivity index (χ1) is 11.0. The molecule has 7 heteroatoms. The molecule has 3 aromatic rings. The van der Waals surface area contributed by atoms with Gasteiger partial charge in [-0.1, -0.05) is 15.9 Å². The van der Waals surface area contributed by atoms with Crippen LogP contribution in [0.2, 0.25) is 0 Å². The molecule has 0 bridgehead atoms. The normalized spacial score (nSPS) is 11.5. The maximum absolute atomic E-state index is 5.16. The van der Waals surface area contributed by atoms with Crippen LogP contribution in [-0.4, -0.2) is 25.7 Å². The fraction of sp³-hybridized carbons (Fsp3) is 0.188. The van der Waals surface area contributed by atoms with Crippen molar-refractivity contribution < 1.29 is 0 Å². The zero-order valence-electron chi connectivity index (χ0n) is 13.0. The SMILES string of the molecule is Cc1cc(/C=N/n2c(C)n[nH]c2=S)c(C)n1-c1ccc(Br)cc1. The summed E-state index contributed by atoms with van der Waals surface area (Å²) in [4.78, 5) is 0. The van der Waals surface area contributed by atoms with E-state index >= 15 is 0 Å². The Balaban J connectivity index is 2.01. The molecule has 0 aliphatic heterocycles. The highest BCUT2D eigenvalue weighted by molar-refractivity contribution is 9.10. The number of rotatable bonds is 3. The van der Waals surface area contributed by atoms with E-state index in [9.17, 15) is 0 Å². The standard InChI is InChI=1S/C16H16BrN5S/c1-10-8-13(9-18-22-12(3)19-20-16(22)23)11(2)21(10)15-6-4-14(17)5-7-15/h4-9H,1-3H3,(H,20,23)/b18-9+. The molecule has 0 amide bonds. The minimum Gasteiger partial charge on any atom is -0.318 e. The van der Waals surface area contributed by atoms with E-state index in [-0.39, 0.29) is 0 Å². The second-order valence-corrected chi connectivity index (χ2v) is 6.57. The van der Waals surface area contributed by atoms with E-state index in [2.05, 4.69) is 67.8 Å². The average molecular weight is 390 g/mol. The monoisotopic (exact) mass is 389 g/mol. The highest BCUT2D eigenvalue weighted by Crippen LogP contribution is 2.21. The Bertz CT molecular complexity index is 931. The van der Waals surface area contributed by atoms with Crippen molar-refractivity contribution in [3.05, 3.63) is 62.4 Å². The molecule has 0 saturated carbocycles. The summed E-state index contributed by atoms with van der Waals surface area (Å²) in [6.45, 7) is 6.02. The van der Waals surface area contributed by atoms with Gasteiger partial charge in [-0.3, -0.25) is 5.10 Å². The van der Waals surface area contributed by atoms with Crippen LogP contribution in [-0.2, 0) is 0 Å². The van der Waals surface area contributed by atoms with Gasteiger partial charge in [-0.05, 0) is 63.3 Å². The van der Waals surface area contributed by atoms with Crippen LogP contribution in [0.15, 0.2) is 39.9 Å². The molecule has 5 nitrogen and oxygen atoms in total. The number of nitrogens with zero attached hydrogens (tertiary/aromatic N) is 4. The molecule has 2 heterocycles. The van der Waals surface area contributed by atoms with Crippen LogP contribution in [0.4, 0.5) is 0 Å². The van der Waals surface area contributed by atoms with Crippen molar-refractivity contribution in [1.29, 1.82) is 0 Å². The van der Waals surface area contributed by atoms with Crippen LogP contribution in [0.25, 0.3) is 5.69 Å². The number of benzene rings is 1. The van der Waals surface area contributed by atoms with Crippen LogP contribution in [0.1, 0.15) is 22.8 Å². The zero-order valence-corrected chi connectivity index (χ0v) is 15.4. The quantitative estimate of drug-likeness (QED) is 0.536. The number of aryl methyl sites for hydroxylation is 2. The summed E-state index contributed by atoms with van der Waals surface area (Å²) in [6, 6.07) is 10.4. The lowest BCUT2D eigenvalue weighted by Gasteiger charge is -2.09. The van der Waals surface area contributed by atoms with Gasteiger partial charge in [-0.25, -0.2) is 0 Å².